The summed E-state index contributed by atoms with van der Waals surface area (Å²) in [5, 5.41) is 16.3. The fourth-order valence-electron chi connectivity index (χ4n) is 2.49. The molecule has 0 bridgehead atoms. The first kappa shape index (κ1) is 17.4. The first-order valence-corrected chi connectivity index (χ1v) is 9.99. The van der Waals surface area contributed by atoms with Gasteiger partial charge >= 0.3 is 0 Å². The molecule has 4 aromatic rings. The summed E-state index contributed by atoms with van der Waals surface area (Å²) in [5.41, 5.74) is 2.37. The zero-order valence-electron chi connectivity index (χ0n) is 14.2. The molecule has 0 aliphatic carbocycles. The summed E-state index contributed by atoms with van der Waals surface area (Å²) in [6, 6.07) is 18.9. The van der Waals surface area contributed by atoms with Crippen LogP contribution in [0.25, 0.3) is 10.6 Å². The molecule has 0 radical (unpaired) electrons. The molecule has 0 atom stereocenters. The van der Waals surface area contributed by atoms with E-state index in [-0.39, 0.29) is 5.91 Å². The minimum atomic E-state index is -0.227. The van der Waals surface area contributed by atoms with Gasteiger partial charge in [0, 0.05) is 22.1 Å². The molecule has 0 spiro atoms. The number of benzene rings is 2. The van der Waals surface area contributed by atoms with E-state index in [0.717, 1.165) is 21.9 Å². The molecule has 2 aromatic heterocycles. The highest BCUT2D eigenvalue weighted by Gasteiger charge is 2.15. The van der Waals surface area contributed by atoms with Crippen LogP contribution < -0.4 is 10.1 Å². The molecule has 0 saturated heterocycles. The molecule has 134 valence electrons. The van der Waals surface area contributed by atoms with Crippen LogP contribution in [0, 0.1) is 0 Å². The third-order valence-corrected chi connectivity index (χ3v) is 5.38. The number of carbonyl (C=O) groups is 1. The molecule has 1 amide bonds. The van der Waals surface area contributed by atoms with Gasteiger partial charge in [-0.3, -0.25) is 10.1 Å². The summed E-state index contributed by atoms with van der Waals surface area (Å²) >= 11 is 2.95. The Kier molecular flexibility index (Phi) is 5.22. The molecular formula is C20H15N3O2S2. The third kappa shape index (κ3) is 4.21. The molecule has 4 rings (SSSR count). The molecule has 1 N–H and O–H groups in total. The Morgan fingerprint density at radius 3 is 2.63 bits per heavy atom. The molecule has 27 heavy (non-hydrogen) atoms. The molecule has 7 heteroatoms. The van der Waals surface area contributed by atoms with Crippen molar-refractivity contribution < 1.29 is 9.53 Å². The minimum Gasteiger partial charge on any atom is -0.489 e. The molecule has 0 unspecified atom stereocenters. The van der Waals surface area contributed by atoms with Crippen molar-refractivity contribution >= 4 is 33.7 Å². The monoisotopic (exact) mass is 393 g/mol. The van der Waals surface area contributed by atoms with Gasteiger partial charge in [-0.2, -0.15) is 11.3 Å². The maximum Gasteiger partial charge on any atom is 0.257 e. The van der Waals surface area contributed by atoms with Crippen molar-refractivity contribution in [1.82, 2.24) is 10.2 Å². The van der Waals surface area contributed by atoms with Gasteiger partial charge < -0.3 is 4.74 Å². The number of anilines is 1. The maximum atomic E-state index is 12.7. The Labute approximate surface area is 164 Å². The second-order valence-electron chi connectivity index (χ2n) is 5.64. The number of para-hydroxylation sites is 1. The molecule has 2 aromatic carbocycles. The van der Waals surface area contributed by atoms with Crippen molar-refractivity contribution in [1.29, 1.82) is 0 Å². The van der Waals surface area contributed by atoms with E-state index in [0.29, 0.717) is 17.3 Å². The minimum absolute atomic E-state index is 0.227. The van der Waals surface area contributed by atoms with Crippen LogP contribution in [-0.2, 0) is 6.61 Å². The number of ether oxygens (including phenoxy) is 1. The lowest BCUT2D eigenvalue weighted by Crippen LogP contribution is -2.15. The highest BCUT2D eigenvalue weighted by atomic mass is 32.1. The van der Waals surface area contributed by atoms with Gasteiger partial charge in [0.05, 0.1) is 0 Å². The van der Waals surface area contributed by atoms with Crippen LogP contribution in [0.3, 0.4) is 0 Å². The molecule has 2 heterocycles. The number of nitrogens with one attached hydrogen (secondary N) is 1. The Hall–Kier alpha value is -3.03. The average Bonchev–Trinajstić information content (AvgIpc) is 3.39. The Balaban J connectivity index is 1.47. The molecule has 5 nitrogen and oxygen atoms in total. The second-order valence-corrected chi connectivity index (χ2v) is 7.39. The predicted molar refractivity (Wildman–Crippen MR) is 108 cm³/mol. The van der Waals surface area contributed by atoms with Crippen LogP contribution in [-0.4, -0.2) is 16.1 Å². The van der Waals surface area contributed by atoms with E-state index in [9.17, 15) is 4.79 Å². The van der Waals surface area contributed by atoms with Gasteiger partial charge in [-0.25, -0.2) is 0 Å². The normalized spacial score (nSPS) is 10.5. The van der Waals surface area contributed by atoms with Crippen LogP contribution in [0.2, 0.25) is 0 Å². The zero-order chi connectivity index (χ0) is 18.5. The highest BCUT2D eigenvalue weighted by Crippen LogP contribution is 2.28. The smallest absolute Gasteiger partial charge is 0.257 e. The van der Waals surface area contributed by atoms with E-state index >= 15 is 0 Å². The van der Waals surface area contributed by atoms with Gasteiger partial charge in [-0.05, 0) is 29.6 Å². The van der Waals surface area contributed by atoms with Gasteiger partial charge in [0.1, 0.15) is 17.4 Å². The lowest BCUT2D eigenvalue weighted by Gasteiger charge is -2.10. The maximum absolute atomic E-state index is 12.7. The second kappa shape index (κ2) is 8.11. The molecular weight excluding hydrogens is 378 g/mol. The molecule has 0 aliphatic rings. The lowest BCUT2D eigenvalue weighted by molar-refractivity contribution is 0.102. The van der Waals surface area contributed by atoms with Crippen molar-refractivity contribution in [3.05, 3.63) is 82.6 Å². The topological polar surface area (TPSA) is 64.1 Å². The quantitative estimate of drug-likeness (QED) is 0.495. The van der Waals surface area contributed by atoms with Gasteiger partial charge in [0.2, 0.25) is 5.13 Å². The summed E-state index contributed by atoms with van der Waals surface area (Å²) in [4.78, 5) is 12.7. The Morgan fingerprint density at radius 1 is 1.00 bits per heavy atom. The third-order valence-electron chi connectivity index (χ3n) is 3.81. The number of nitrogens with zero attached hydrogens (tertiary/aromatic N) is 2. The van der Waals surface area contributed by atoms with Crippen LogP contribution in [0.5, 0.6) is 5.75 Å². The number of amides is 1. The SMILES string of the molecule is O=C(Nc1nnc(-c2ccsc2)s1)c1ccccc1COc1ccccc1. The highest BCUT2D eigenvalue weighted by molar-refractivity contribution is 7.19. The number of hydrogen-bond donors (Lipinski definition) is 1. The van der Waals surface area contributed by atoms with Crippen molar-refractivity contribution in [3.8, 4) is 16.3 Å². The van der Waals surface area contributed by atoms with E-state index in [1.165, 1.54) is 11.3 Å². The lowest BCUT2D eigenvalue weighted by atomic mass is 10.1. The number of hydrogen-bond acceptors (Lipinski definition) is 6. The largest absolute Gasteiger partial charge is 0.489 e. The van der Waals surface area contributed by atoms with Crippen LogP contribution in [0.4, 0.5) is 5.13 Å². The van der Waals surface area contributed by atoms with E-state index in [2.05, 4.69) is 15.5 Å². The number of rotatable bonds is 6. The van der Waals surface area contributed by atoms with Crippen molar-refractivity contribution in [2.24, 2.45) is 0 Å². The Morgan fingerprint density at radius 2 is 1.81 bits per heavy atom. The molecule has 0 fully saturated rings. The molecule has 0 aliphatic heterocycles. The van der Waals surface area contributed by atoms with Gasteiger partial charge in [0.25, 0.3) is 5.91 Å². The van der Waals surface area contributed by atoms with Gasteiger partial charge in [-0.1, -0.05) is 47.7 Å². The first-order valence-electron chi connectivity index (χ1n) is 8.23. The number of thiophene rings is 1. The van der Waals surface area contributed by atoms with E-state index in [1.807, 2.05) is 65.4 Å². The first-order chi connectivity index (χ1) is 13.3. The fourth-order valence-corrected chi connectivity index (χ4v) is 3.94. The summed E-state index contributed by atoms with van der Waals surface area (Å²) in [7, 11) is 0. The van der Waals surface area contributed by atoms with Crippen molar-refractivity contribution in [2.45, 2.75) is 6.61 Å². The summed E-state index contributed by atoms with van der Waals surface area (Å²) in [5.74, 6) is 0.535. The molecule has 0 saturated carbocycles. The van der Waals surface area contributed by atoms with Crippen LogP contribution in [0.15, 0.2) is 71.4 Å². The van der Waals surface area contributed by atoms with E-state index in [4.69, 9.17) is 4.74 Å². The summed E-state index contributed by atoms with van der Waals surface area (Å²) in [6.45, 7) is 0.309. The van der Waals surface area contributed by atoms with Crippen molar-refractivity contribution in [2.75, 3.05) is 5.32 Å². The van der Waals surface area contributed by atoms with Crippen LogP contribution in [0.1, 0.15) is 15.9 Å². The predicted octanol–water partition coefficient (Wildman–Crippen LogP) is 5.10. The average molecular weight is 393 g/mol. The fraction of sp³-hybridized carbons (Fsp3) is 0.0500. The summed E-state index contributed by atoms with van der Waals surface area (Å²) in [6.07, 6.45) is 0. The summed E-state index contributed by atoms with van der Waals surface area (Å²) < 4.78 is 5.78. The number of carbonyl (C=O) groups excluding carboxylic acids is 1. The zero-order valence-corrected chi connectivity index (χ0v) is 15.8. The van der Waals surface area contributed by atoms with Crippen LogP contribution >= 0.6 is 22.7 Å². The van der Waals surface area contributed by atoms with E-state index in [1.54, 1.807) is 17.4 Å². The van der Waals surface area contributed by atoms with Gasteiger partial charge in [-0.15, -0.1) is 10.2 Å². The van der Waals surface area contributed by atoms with Gasteiger partial charge in [0.15, 0.2) is 0 Å². The van der Waals surface area contributed by atoms with Crippen molar-refractivity contribution in [3.63, 3.8) is 0 Å². The Bertz CT molecular complexity index is 1030. The van der Waals surface area contributed by atoms with E-state index < -0.39 is 0 Å². The number of aromatic nitrogens is 2. The standard InChI is InChI=1S/C20H15N3O2S2/c24-18(21-20-23-22-19(27-20)15-10-11-26-13-15)17-9-5-4-6-14(17)12-25-16-7-2-1-3-8-16/h1-11,13H,12H2,(H,21,23,24).